The predicted octanol–water partition coefficient (Wildman–Crippen LogP) is 6.30. The average Bonchev–Trinajstić information content (AvgIpc) is 3.53. The fourth-order valence-electron chi connectivity index (χ4n) is 4.41. The van der Waals surface area contributed by atoms with E-state index in [0.717, 1.165) is 23.1 Å². The topological polar surface area (TPSA) is 109 Å². The van der Waals surface area contributed by atoms with Gasteiger partial charge in [0.1, 0.15) is 5.03 Å². The van der Waals surface area contributed by atoms with Crippen LogP contribution in [0.4, 0.5) is 15.6 Å². The van der Waals surface area contributed by atoms with Crippen molar-refractivity contribution >= 4 is 85.5 Å². The van der Waals surface area contributed by atoms with E-state index in [-0.39, 0.29) is 29.5 Å². The van der Waals surface area contributed by atoms with Crippen molar-refractivity contribution in [2.75, 3.05) is 30.5 Å². The van der Waals surface area contributed by atoms with Crippen LogP contribution in [0.15, 0.2) is 58.6 Å². The van der Waals surface area contributed by atoms with Crippen LogP contribution in [0.2, 0.25) is 5.02 Å². The van der Waals surface area contributed by atoms with Crippen molar-refractivity contribution in [1.82, 2.24) is 10.3 Å². The highest BCUT2D eigenvalue weighted by molar-refractivity contribution is 7.22. The summed E-state index contributed by atoms with van der Waals surface area (Å²) in [5.74, 6) is -1.22. The molecule has 1 aliphatic heterocycles. The highest BCUT2D eigenvalue weighted by Crippen LogP contribution is 2.37. The Hall–Kier alpha value is -3.73. The lowest BCUT2D eigenvalue weighted by molar-refractivity contribution is -0.137. The number of halogens is 2. The van der Waals surface area contributed by atoms with Gasteiger partial charge in [-0.15, -0.1) is 0 Å². The minimum atomic E-state index is -0.666. The predicted molar refractivity (Wildman–Crippen MR) is 162 cm³/mol. The molecule has 1 N–H and O–H groups in total. The van der Waals surface area contributed by atoms with Crippen LogP contribution >= 0.6 is 34.5 Å². The van der Waals surface area contributed by atoms with Crippen LogP contribution in [-0.2, 0) is 19.1 Å². The van der Waals surface area contributed by atoms with E-state index in [1.54, 1.807) is 39.2 Å². The summed E-state index contributed by atoms with van der Waals surface area (Å²) in [5, 5.41) is 3.47. The highest BCUT2D eigenvalue weighted by Gasteiger charge is 2.39. The molecule has 0 unspecified atom stereocenters. The van der Waals surface area contributed by atoms with E-state index in [9.17, 15) is 19.2 Å². The molecule has 214 valence electrons. The molecule has 1 aliphatic carbocycles. The number of imide groups is 1. The van der Waals surface area contributed by atoms with E-state index >= 15 is 0 Å². The Morgan fingerprint density at radius 1 is 1.12 bits per heavy atom. The number of amides is 4. The van der Waals surface area contributed by atoms with Crippen molar-refractivity contribution in [3.63, 3.8) is 0 Å². The zero-order valence-electron chi connectivity index (χ0n) is 22.7. The molecule has 0 spiro atoms. The van der Waals surface area contributed by atoms with Gasteiger partial charge in [0.2, 0.25) is 0 Å². The normalized spacial score (nSPS) is 15.0. The number of carbonyl (C=O) groups is 4. The van der Waals surface area contributed by atoms with Crippen LogP contribution in [-0.4, -0.2) is 49.5 Å². The van der Waals surface area contributed by atoms with Crippen molar-refractivity contribution in [1.29, 1.82) is 0 Å². The largest absolute Gasteiger partial charge is 0.462 e. The van der Waals surface area contributed by atoms with Crippen molar-refractivity contribution in [2.24, 2.45) is 0 Å². The van der Waals surface area contributed by atoms with Crippen LogP contribution in [0.1, 0.15) is 38.2 Å². The zero-order valence-corrected chi connectivity index (χ0v) is 25.0. The van der Waals surface area contributed by atoms with E-state index < -0.39 is 5.97 Å². The van der Waals surface area contributed by atoms with E-state index in [1.165, 1.54) is 27.2 Å². The molecule has 0 fully saturated rings. The van der Waals surface area contributed by atoms with E-state index in [0.29, 0.717) is 45.4 Å². The maximum atomic E-state index is 12.7. The third-order valence-electron chi connectivity index (χ3n) is 6.47. The van der Waals surface area contributed by atoms with Gasteiger partial charge in [0.05, 0.1) is 22.5 Å². The lowest BCUT2D eigenvalue weighted by Gasteiger charge is -2.16. The molecule has 2 aliphatic rings. The monoisotopic (exact) mass is 614 g/mol. The second-order valence-corrected chi connectivity index (χ2v) is 10.9. The molecule has 0 radical (unpaired) electrons. The Kier molecular flexibility index (Phi) is 9.80. The highest BCUT2D eigenvalue weighted by atomic mass is 35.5. The molecule has 2 heterocycles. The molecule has 12 heteroatoms. The van der Waals surface area contributed by atoms with Crippen molar-refractivity contribution in [2.45, 2.75) is 32.6 Å². The van der Waals surface area contributed by atoms with Crippen LogP contribution in [0, 0.1) is 0 Å². The third-order valence-corrected chi connectivity index (χ3v) is 8.19. The van der Waals surface area contributed by atoms with Crippen molar-refractivity contribution in [3.8, 4) is 0 Å². The standard InChI is InChI=1S/C19H17Cl2NO4.C10H11N3OS/c1-2-26-19(25)16(21)10-11-9-12(7-8-15(11)20)22-17(23)13-5-3-4-6-14(13)18(22)24;1-11-9(14)13(2)10-12-7-5-3-4-6-8(7)15-10/h7-10H,2-6H2,1H3;3-6H,1-2H3,(H,11,14)/b16-10-;. The molecule has 0 bridgehead atoms. The summed E-state index contributed by atoms with van der Waals surface area (Å²) >= 11 is 13.6. The lowest BCUT2D eigenvalue weighted by Crippen LogP contribution is -2.34. The number of hydrogen-bond acceptors (Lipinski definition) is 7. The summed E-state index contributed by atoms with van der Waals surface area (Å²) in [5.41, 5.74) is 2.97. The number of urea groups is 1. The zero-order chi connectivity index (χ0) is 29.7. The van der Waals surface area contributed by atoms with Gasteiger partial charge < -0.3 is 10.1 Å². The minimum Gasteiger partial charge on any atom is -0.462 e. The van der Waals surface area contributed by atoms with Crippen LogP contribution in [0.3, 0.4) is 0 Å². The van der Waals surface area contributed by atoms with Gasteiger partial charge in [-0.3, -0.25) is 14.5 Å². The molecule has 1 aromatic heterocycles. The Morgan fingerprint density at radius 2 is 1.78 bits per heavy atom. The molecule has 2 aromatic carbocycles. The average molecular weight is 616 g/mol. The maximum absolute atomic E-state index is 12.7. The molecule has 0 saturated carbocycles. The Balaban J connectivity index is 0.000000218. The van der Waals surface area contributed by atoms with Crippen LogP contribution < -0.4 is 15.1 Å². The molecule has 4 amide bonds. The first kappa shape index (κ1) is 30.2. The number of anilines is 2. The van der Waals surface area contributed by atoms with E-state index in [1.807, 2.05) is 24.3 Å². The number of fused-ring (bicyclic) bond motifs is 1. The second-order valence-electron chi connectivity index (χ2n) is 9.11. The first-order valence-corrected chi connectivity index (χ1v) is 14.5. The van der Waals surface area contributed by atoms with Gasteiger partial charge in [0.25, 0.3) is 11.8 Å². The summed E-state index contributed by atoms with van der Waals surface area (Å²) in [6, 6.07) is 12.4. The number of thiazole rings is 1. The van der Waals surface area contributed by atoms with Crippen molar-refractivity contribution in [3.05, 3.63) is 69.2 Å². The van der Waals surface area contributed by atoms with Crippen LogP contribution in [0.25, 0.3) is 16.3 Å². The molecule has 0 atom stereocenters. The summed E-state index contributed by atoms with van der Waals surface area (Å²) in [6.07, 6.45) is 4.45. The van der Waals surface area contributed by atoms with Gasteiger partial charge in [-0.2, -0.15) is 0 Å². The fourth-order valence-corrected chi connectivity index (χ4v) is 5.68. The van der Waals surface area contributed by atoms with Gasteiger partial charge in [0, 0.05) is 30.3 Å². The summed E-state index contributed by atoms with van der Waals surface area (Å²) in [4.78, 5) is 55.4. The Bertz CT molecular complexity index is 1520. The number of nitrogens with zero attached hydrogens (tertiary/aromatic N) is 3. The van der Waals surface area contributed by atoms with Gasteiger partial charge in [-0.1, -0.05) is 46.7 Å². The first-order chi connectivity index (χ1) is 19.7. The lowest BCUT2D eigenvalue weighted by atomic mass is 9.93. The molecule has 41 heavy (non-hydrogen) atoms. The molecular weight excluding hydrogens is 587 g/mol. The Morgan fingerprint density at radius 3 is 2.39 bits per heavy atom. The molecule has 0 saturated heterocycles. The molecule has 3 aromatic rings. The van der Waals surface area contributed by atoms with Crippen LogP contribution in [0.5, 0.6) is 0 Å². The Labute approximate surface area is 251 Å². The molecular formula is C29H28Cl2N4O5S. The van der Waals surface area contributed by atoms with E-state index in [2.05, 4.69) is 10.3 Å². The van der Waals surface area contributed by atoms with Gasteiger partial charge >= 0.3 is 12.0 Å². The summed E-state index contributed by atoms with van der Waals surface area (Å²) in [6.45, 7) is 1.87. The summed E-state index contributed by atoms with van der Waals surface area (Å²) in [7, 11) is 3.31. The first-order valence-electron chi connectivity index (χ1n) is 12.9. The molecule has 9 nitrogen and oxygen atoms in total. The number of para-hydroxylation sites is 1. The van der Waals surface area contributed by atoms with Gasteiger partial charge in [-0.05, 0) is 74.6 Å². The number of carbonyl (C=O) groups excluding carboxylic acids is 4. The number of ether oxygens (including phenoxy) is 1. The van der Waals surface area contributed by atoms with Crippen molar-refractivity contribution < 1.29 is 23.9 Å². The third kappa shape index (κ3) is 6.61. The summed E-state index contributed by atoms with van der Waals surface area (Å²) < 4.78 is 5.92. The quantitative estimate of drug-likeness (QED) is 0.205. The number of hydrogen-bond donors (Lipinski definition) is 1. The number of rotatable bonds is 5. The fraction of sp³-hybridized carbons (Fsp3) is 0.276. The number of benzene rings is 2. The maximum Gasteiger partial charge on any atom is 0.349 e. The number of nitrogens with one attached hydrogen (secondary N) is 1. The van der Waals surface area contributed by atoms with Gasteiger partial charge in [-0.25, -0.2) is 19.5 Å². The molecule has 5 rings (SSSR count). The number of aromatic nitrogens is 1. The number of esters is 1. The van der Waals surface area contributed by atoms with Gasteiger partial charge in [0.15, 0.2) is 5.13 Å². The second kappa shape index (κ2) is 13.3. The van der Waals surface area contributed by atoms with E-state index in [4.69, 9.17) is 27.9 Å². The smallest absolute Gasteiger partial charge is 0.349 e. The SMILES string of the molecule is CCOC(=O)/C(Cl)=C/c1cc(N2C(=O)C3=C(CCCC3)C2=O)ccc1Cl.CNC(=O)N(C)c1nc2ccccc2s1. The minimum absolute atomic E-state index is 0.137.